The standard InChI is InChI=1S/C22H24N2O5S/c1-3-28-19-11-13-21(14-12-19)30(26,27)24(16-20-10-7-15-29-20)17-22(25)23(2)18-8-5-4-6-9-18/h4-15H,3,16-17H2,1-2H3. The Balaban J connectivity index is 1.86. The van der Waals surface area contributed by atoms with E-state index in [1.54, 1.807) is 43.4 Å². The maximum absolute atomic E-state index is 13.3. The topological polar surface area (TPSA) is 80.1 Å². The first kappa shape index (κ1) is 21.6. The highest BCUT2D eigenvalue weighted by atomic mass is 32.2. The smallest absolute Gasteiger partial charge is 0.243 e. The first-order valence-corrected chi connectivity index (χ1v) is 10.9. The zero-order chi connectivity index (χ0) is 21.6. The van der Waals surface area contributed by atoms with Gasteiger partial charge in [0.25, 0.3) is 0 Å². The van der Waals surface area contributed by atoms with Crippen molar-refractivity contribution in [1.29, 1.82) is 0 Å². The third-order valence-corrected chi connectivity index (χ3v) is 6.32. The maximum Gasteiger partial charge on any atom is 0.243 e. The van der Waals surface area contributed by atoms with E-state index in [0.717, 1.165) is 4.31 Å². The number of carbonyl (C=O) groups excluding carboxylic acids is 1. The molecule has 0 N–H and O–H groups in total. The molecule has 0 saturated heterocycles. The van der Waals surface area contributed by atoms with Crippen LogP contribution in [0.1, 0.15) is 12.7 Å². The summed E-state index contributed by atoms with van der Waals surface area (Å²) in [5.41, 5.74) is 0.680. The molecular formula is C22H24N2O5S. The Morgan fingerprint density at radius 3 is 2.30 bits per heavy atom. The Kier molecular flexibility index (Phi) is 6.91. The van der Waals surface area contributed by atoms with Crippen LogP contribution in [0.4, 0.5) is 5.69 Å². The summed E-state index contributed by atoms with van der Waals surface area (Å²) in [5, 5.41) is 0. The molecule has 0 saturated carbocycles. The summed E-state index contributed by atoms with van der Waals surface area (Å²) < 4.78 is 38.4. The van der Waals surface area contributed by atoms with Gasteiger partial charge in [-0.25, -0.2) is 8.42 Å². The van der Waals surface area contributed by atoms with E-state index in [0.29, 0.717) is 23.8 Å². The van der Waals surface area contributed by atoms with Crippen LogP contribution in [-0.2, 0) is 21.4 Å². The molecule has 30 heavy (non-hydrogen) atoms. The second kappa shape index (κ2) is 9.60. The molecule has 1 heterocycles. The molecule has 8 heteroatoms. The molecule has 0 aliphatic heterocycles. The van der Waals surface area contributed by atoms with Gasteiger partial charge in [0, 0.05) is 12.7 Å². The Morgan fingerprint density at radius 2 is 1.70 bits per heavy atom. The molecule has 0 spiro atoms. The van der Waals surface area contributed by atoms with Crippen molar-refractivity contribution in [1.82, 2.24) is 4.31 Å². The van der Waals surface area contributed by atoms with E-state index in [2.05, 4.69) is 0 Å². The van der Waals surface area contributed by atoms with Gasteiger partial charge in [-0.2, -0.15) is 4.31 Å². The summed E-state index contributed by atoms with van der Waals surface area (Å²) in [7, 11) is -2.33. The van der Waals surface area contributed by atoms with E-state index >= 15 is 0 Å². The lowest BCUT2D eigenvalue weighted by molar-refractivity contribution is -0.118. The second-order valence-corrected chi connectivity index (χ2v) is 8.48. The summed E-state index contributed by atoms with van der Waals surface area (Å²) in [6.45, 7) is 1.94. The summed E-state index contributed by atoms with van der Waals surface area (Å²) in [6.07, 6.45) is 1.47. The molecule has 0 radical (unpaired) electrons. The van der Waals surface area contributed by atoms with E-state index in [9.17, 15) is 13.2 Å². The third-order valence-electron chi connectivity index (χ3n) is 4.51. The number of hydrogen-bond acceptors (Lipinski definition) is 5. The van der Waals surface area contributed by atoms with Crippen LogP contribution in [-0.4, -0.2) is 38.8 Å². The van der Waals surface area contributed by atoms with E-state index < -0.39 is 10.0 Å². The van der Waals surface area contributed by atoms with Crippen molar-refractivity contribution in [3.63, 3.8) is 0 Å². The van der Waals surface area contributed by atoms with Crippen LogP contribution < -0.4 is 9.64 Å². The molecule has 158 valence electrons. The minimum absolute atomic E-state index is 0.0586. The van der Waals surface area contributed by atoms with E-state index in [4.69, 9.17) is 9.15 Å². The zero-order valence-corrected chi connectivity index (χ0v) is 17.7. The predicted octanol–water partition coefficient (Wildman–Crippen LogP) is 3.53. The van der Waals surface area contributed by atoms with Gasteiger partial charge >= 0.3 is 0 Å². The number of ether oxygens (including phenoxy) is 1. The number of anilines is 1. The number of sulfonamides is 1. The lowest BCUT2D eigenvalue weighted by Gasteiger charge is -2.24. The Bertz CT molecular complexity index is 1050. The molecule has 7 nitrogen and oxygen atoms in total. The van der Waals surface area contributed by atoms with Crippen LogP contribution in [0.15, 0.2) is 82.3 Å². The number of nitrogens with zero attached hydrogens (tertiary/aromatic N) is 2. The number of carbonyl (C=O) groups is 1. The average Bonchev–Trinajstić information content (AvgIpc) is 3.27. The van der Waals surface area contributed by atoms with Crippen molar-refractivity contribution in [2.45, 2.75) is 18.4 Å². The molecular weight excluding hydrogens is 404 g/mol. The van der Waals surface area contributed by atoms with Crippen LogP contribution in [0.3, 0.4) is 0 Å². The van der Waals surface area contributed by atoms with Gasteiger partial charge in [0.05, 0.1) is 30.9 Å². The van der Waals surface area contributed by atoms with Crippen molar-refractivity contribution in [2.75, 3.05) is 25.1 Å². The molecule has 1 aromatic heterocycles. The van der Waals surface area contributed by atoms with Gasteiger partial charge in [-0.1, -0.05) is 18.2 Å². The third kappa shape index (κ3) is 5.08. The Hall–Kier alpha value is -3.10. The molecule has 0 aliphatic carbocycles. The minimum Gasteiger partial charge on any atom is -0.494 e. The normalized spacial score (nSPS) is 11.4. The number of para-hydroxylation sites is 1. The first-order valence-electron chi connectivity index (χ1n) is 9.49. The van der Waals surface area contributed by atoms with Gasteiger partial charge in [0.15, 0.2) is 0 Å². The van der Waals surface area contributed by atoms with Crippen LogP contribution in [0.2, 0.25) is 0 Å². The van der Waals surface area contributed by atoms with Crippen LogP contribution in [0.25, 0.3) is 0 Å². The summed E-state index contributed by atoms with van der Waals surface area (Å²) in [5.74, 6) is 0.663. The minimum atomic E-state index is -3.95. The summed E-state index contributed by atoms with van der Waals surface area (Å²) >= 11 is 0. The molecule has 3 aromatic rings. The molecule has 0 aliphatic rings. The molecule has 0 unspecified atom stereocenters. The van der Waals surface area contributed by atoms with E-state index in [1.165, 1.54) is 23.3 Å². The SMILES string of the molecule is CCOc1ccc(S(=O)(=O)N(CC(=O)N(C)c2ccccc2)Cc2ccco2)cc1. The molecule has 3 rings (SSSR count). The van der Waals surface area contributed by atoms with Gasteiger partial charge in [-0.3, -0.25) is 4.79 Å². The van der Waals surface area contributed by atoms with Crippen molar-refractivity contribution in [2.24, 2.45) is 0 Å². The number of rotatable bonds is 9. The predicted molar refractivity (Wildman–Crippen MR) is 114 cm³/mol. The van der Waals surface area contributed by atoms with Gasteiger partial charge in [-0.15, -0.1) is 0 Å². The fourth-order valence-corrected chi connectivity index (χ4v) is 4.23. The van der Waals surface area contributed by atoms with Gasteiger partial charge < -0.3 is 14.1 Å². The quantitative estimate of drug-likeness (QED) is 0.521. The molecule has 0 fully saturated rings. The lowest BCUT2D eigenvalue weighted by atomic mass is 10.3. The van der Waals surface area contributed by atoms with Crippen LogP contribution in [0.5, 0.6) is 5.75 Å². The maximum atomic E-state index is 13.3. The molecule has 1 amide bonds. The van der Waals surface area contributed by atoms with Crippen LogP contribution in [0, 0.1) is 0 Å². The number of amides is 1. The van der Waals surface area contributed by atoms with Crippen molar-refractivity contribution >= 4 is 21.6 Å². The first-order chi connectivity index (χ1) is 14.4. The lowest BCUT2D eigenvalue weighted by Crippen LogP contribution is -2.41. The number of furan rings is 1. The van der Waals surface area contributed by atoms with Gasteiger partial charge in [0.1, 0.15) is 11.5 Å². The van der Waals surface area contributed by atoms with Crippen molar-refractivity contribution < 1.29 is 22.4 Å². The zero-order valence-electron chi connectivity index (χ0n) is 16.9. The fraction of sp³-hybridized carbons (Fsp3) is 0.227. The van der Waals surface area contributed by atoms with Crippen molar-refractivity contribution in [3.05, 3.63) is 78.8 Å². The second-order valence-electron chi connectivity index (χ2n) is 6.55. The Labute approximate surface area is 176 Å². The number of likely N-dealkylation sites (N-methyl/N-ethyl adjacent to an activating group) is 1. The van der Waals surface area contributed by atoms with Crippen LogP contribution >= 0.6 is 0 Å². The molecule has 0 atom stereocenters. The highest BCUT2D eigenvalue weighted by molar-refractivity contribution is 7.89. The highest BCUT2D eigenvalue weighted by Crippen LogP contribution is 2.22. The van der Waals surface area contributed by atoms with Crippen molar-refractivity contribution in [3.8, 4) is 5.75 Å². The molecule has 2 aromatic carbocycles. The fourth-order valence-electron chi connectivity index (χ4n) is 2.88. The highest BCUT2D eigenvalue weighted by Gasteiger charge is 2.29. The summed E-state index contributed by atoms with van der Waals surface area (Å²) in [4.78, 5) is 14.4. The monoisotopic (exact) mass is 428 g/mol. The average molecular weight is 429 g/mol. The molecule has 0 bridgehead atoms. The van der Waals surface area contributed by atoms with E-state index in [-0.39, 0.29) is 23.9 Å². The Morgan fingerprint density at radius 1 is 1.00 bits per heavy atom. The number of hydrogen-bond donors (Lipinski definition) is 0. The van der Waals surface area contributed by atoms with Gasteiger partial charge in [-0.05, 0) is 55.5 Å². The van der Waals surface area contributed by atoms with Gasteiger partial charge in [0.2, 0.25) is 15.9 Å². The largest absolute Gasteiger partial charge is 0.494 e. The summed E-state index contributed by atoms with van der Waals surface area (Å²) in [6, 6.07) is 18.5. The van der Waals surface area contributed by atoms with E-state index in [1.807, 2.05) is 25.1 Å². The number of benzene rings is 2.